The molecule has 15 heavy (non-hydrogen) atoms. The Hall–Kier alpha value is -0.650. The van der Waals surface area contributed by atoms with Gasteiger partial charge in [0.05, 0.1) is 13.2 Å². The van der Waals surface area contributed by atoms with Gasteiger partial charge >= 0.3 is 5.97 Å². The fourth-order valence-electron chi connectivity index (χ4n) is 1.33. The highest BCUT2D eigenvalue weighted by molar-refractivity contribution is 5.78. The second-order valence-electron chi connectivity index (χ2n) is 3.78. The molecule has 2 N–H and O–H groups in total. The number of methoxy groups -OCH3 is 1. The van der Waals surface area contributed by atoms with E-state index >= 15 is 0 Å². The second kappa shape index (κ2) is 6.76. The summed E-state index contributed by atoms with van der Waals surface area (Å²) in [5.74, 6) is -0.923. The Morgan fingerprint density at radius 1 is 1.60 bits per heavy atom. The van der Waals surface area contributed by atoms with Gasteiger partial charge in [-0.2, -0.15) is 0 Å². The molecule has 0 bridgehead atoms. The van der Waals surface area contributed by atoms with E-state index in [1.54, 1.807) is 6.92 Å². The van der Waals surface area contributed by atoms with Crippen molar-refractivity contribution in [3.63, 3.8) is 0 Å². The van der Waals surface area contributed by atoms with Crippen molar-refractivity contribution in [1.82, 2.24) is 5.32 Å². The Morgan fingerprint density at radius 2 is 2.20 bits per heavy atom. The van der Waals surface area contributed by atoms with Gasteiger partial charge in [-0.1, -0.05) is 0 Å². The Balaban J connectivity index is 4.21. The Bertz CT molecular complexity index is 198. The van der Waals surface area contributed by atoms with Gasteiger partial charge in [-0.25, -0.2) is 0 Å². The summed E-state index contributed by atoms with van der Waals surface area (Å²) in [6.07, 6.45) is 0. The van der Waals surface area contributed by atoms with E-state index < -0.39 is 11.5 Å². The minimum absolute atomic E-state index is 0.0267. The van der Waals surface area contributed by atoms with Crippen LogP contribution in [0.15, 0.2) is 0 Å². The summed E-state index contributed by atoms with van der Waals surface area (Å²) in [6.45, 7) is 6.62. The molecule has 5 nitrogen and oxygen atoms in total. The van der Waals surface area contributed by atoms with Gasteiger partial charge < -0.3 is 14.6 Å². The molecule has 0 saturated heterocycles. The summed E-state index contributed by atoms with van der Waals surface area (Å²) in [7, 11) is 1.48. The number of ether oxygens (including phenoxy) is 2. The average Bonchev–Trinajstić information content (AvgIpc) is 2.14. The smallest absolute Gasteiger partial charge is 0.326 e. The molecule has 0 heterocycles. The maximum absolute atomic E-state index is 11.0. The van der Waals surface area contributed by atoms with Gasteiger partial charge in [0.1, 0.15) is 5.54 Å². The van der Waals surface area contributed by atoms with E-state index in [0.29, 0.717) is 13.2 Å². The fourth-order valence-corrected chi connectivity index (χ4v) is 1.33. The maximum Gasteiger partial charge on any atom is 0.326 e. The lowest BCUT2D eigenvalue weighted by molar-refractivity contribution is -0.147. The Labute approximate surface area is 90.8 Å². The summed E-state index contributed by atoms with van der Waals surface area (Å²) < 4.78 is 10.1. The molecule has 0 aromatic heterocycles. The standard InChI is InChI=1S/C10H21NO4/c1-5-15-6-8(2)11-10(3,7-14-4)9(12)13/h8,11H,5-7H2,1-4H3,(H,12,13). The molecule has 5 heteroatoms. The quantitative estimate of drug-likeness (QED) is 0.622. The predicted octanol–water partition coefficient (Wildman–Crippen LogP) is 0.491. The van der Waals surface area contributed by atoms with Crippen molar-refractivity contribution in [2.24, 2.45) is 0 Å². The average molecular weight is 219 g/mol. The van der Waals surface area contributed by atoms with Crippen molar-refractivity contribution in [2.75, 3.05) is 26.9 Å². The third-order valence-corrected chi connectivity index (χ3v) is 2.04. The van der Waals surface area contributed by atoms with Crippen LogP contribution in [0.25, 0.3) is 0 Å². The van der Waals surface area contributed by atoms with E-state index in [2.05, 4.69) is 5.32 Å². The van der Waals surface area contributed by atoms with Crippen molar-refractivity contribution in [3.8, 4) is 0 Å². The van der Waals surface area contributed by atoms with Crippen LogP contribution in [-0.2, 0) is 14.3 Å². The van der Waals surface area contributed by atoms with Crippen LogP contribution in [0, 0.1) is 0 Å². The SMILES string of the molecule is CCOCC(C)NC(C)(COC)C(=O)O. The molecule has 0 spiro atoms. The van der Waals surface area contributed by atoms with E-state index in [0.717, 1.165) is 0 Å². The van der Waals surface area contributed by atoms with Gasteiger partial charge in [0.15, 0.2) is 0 Å². The van der Waals surface area contributed by atoms with Crippen LogP contribution in [0.5, 0.6) is 0 Å². The van der Waals surface area contributed by atoms with Crippen molar-refractivity contribution >= 4 is 5.97 Å². The Kier molecular flexibility index (Phi) is 6.47. The zero-order valence-corrected chi connectivity index (χ0v) is 9.87. The molecule has 90 valence electrons. The zero-order chi connectivity index (χ0) is 11.9. The highest BCUT2D eigenvalue weighted by Gasteiger charge is 2.34. The number of hydrogen-bond acceptors (Lipinski definition) is 4. The second-order valence-corrected chi connectivity index (χ2v) is 3.78. The molecule has 0 aliphatic rings. The highest BCUT2D eigenvalue weighted by Crippen LogP contribution is 2.06. The Morgan fingerprint density at radius 3 is 2.60 bits per heavy atom. The van der Waals surface area contributed by atoms with Crippen molar-refractivity contribution in [2.45, 2.75) is 32.4 Å². The fraction of sp³-hybridized carbons (Fsp3) is 0.900. The van der Waals surface area contributed by atoms with Crippen molar-refractivity contribution in [1.29, 1.82) is 0 Å². The summed E-state index contributed by atoms with van der Waals surface area (Å²) in [5.41, 5.74) is -1.06. The van der Waals surface area contributed by atoms with Gasteiger partial charge in [0.25, 0.3) is 0 Å². The molecular weight excluding hydrogens is 198 g/mol. The van der Waals surface area contributed by atoms with Crippen LogP contribution in [0.4, 0.5) is 0 Å². The molecule has 0 aromatic carbocycles. The molecule has 0 aliphatic carbocycles. The summed E-state index contributed by atoms with van der Waals surface area (Å²) in [6, 6.07) is -0.0267. The summed E-state index contributed by atoms with van der Waals surface area (Å²) >= 11 is 0. The predicted molar refractivity (Wildman–Crippen MR) is 57.0 cm³/mol. The number of hydrogen-bond donors (Lipinski definition) is 2. The lowest BCUT2D eigenvalue weighted by Crippen LogP contribution is -2.57. The van der Waals surface area contributed by atoms with Gasteiger partial charge in [0, 0.05) is 19.8 Å². The summed E-state index contributed by atoms with van der Waals surface area (Å²) in [5, 5.41) is 12.0. The third-order valence-electron chi connectivity index (χ3n) is 2.04. The molecule has 0 radical (unpaired) electrons. The monoisotopic (exact) mass is 219 g/mol. The molecule has 0 fully saturated rings. The van der Waals surface area contributed by atoms with Gasteiger partial charge in [-0.3, -0.25) is 10.1 Å². The van der Waals surface area contributed by atoms with E-state index in [1.165, 1.54) is 7.11 Å². The van der Waals surface area contributed by atoms with Crippen molar-refractivity contribution in [3.05, 3.63) is 0 Å². The van der Waals surface area contributed by atoms with Crippen LogP contribution in [0.2, 0.25) is 0 Å². The van der Waals surface area contributed by atoms with Gasteiger partial charge in [-0.05, 0) is 20.8 Å². The first-order valence-corrected chi connectivity index (χ1v) is 5.04. The lowest BCUT2D eigenvalue weighted by Gasteiger charge is -2.29. The molecule has 0 rings (SSSR count). The third kappa shape index (κ3) is 5.11. The van der Waals surface area contributed by atoms with Gasteiger partial charge in [0.2, 0.25) is 0 Å². The molecule has 0 saturated carbocycles. The lowest BCUT2D eigenvalue weighted by atomic mass is 10.0. The number of carboxylic acid groups (broad SMARTS) is 1. The topological polar surface area (TPSA) is 67.8 Å². The first kappa shape index (κ1) is 14.3. The molecule has 2 unspecified atom stereocenters. The number of nitrogens with one attached hydrogen (secondary N) is 1. The first-order chi connectivity index (χ1) is 6.96. The molecule has 0 aliphatic heterocycles. The molecule has 0 amide bonds. The van der Waals surface area contributed by atoms with E-state index in [-0.39, 0.29) is 12.6 Å². The number of carboxylic acids is 1. The number of rotatable bonds is 8. The minimum Gasteiger partial charge on any atom is -0.480 e. The zero-order valence-electron chi connectivity index (χ0n) is 9.87. The van der Waals surface area contributed by atoms with E-state index in [1.807, 2.05) is 13.8 Å². The number of aliphatic carboxylic acids is 1. The molecule has 0 aromatic rings. The van der Waals surface area contributed by atoms with Crippen LogP contribution in [0.1, 0.15) is 20.8 Å². The van der Waals surface area contributed by atoms with Crippen LogP contribution in [0.3, 0.4) is 0 Å². The maximum atomic E-state index is 11.0. The molecule has 2 atom stereocenters. The normalized spacial score (nSPS) is 17.1. The largest absolute Gasteiger partial charge is 0.480 e. The first-order valence-electron chi connectivity index (χ1n) is 5.04. The van der Waals surface area contributed by atoms with E-state index in [9.17, 15) is 4.79 Å². The minimum atomic E-state index is -1.06. The van der Waals surface area contributed by atoms with E-state index in [4.69, 9.17) is 14.6 Å². The van der Waals surface area contributed by atoms with Crippen molar-refractivity contribution < 1.29 is 19.4 Å². The van der Waals surface area contributed by atoms with Crippen LogP contribution >= 0.6 is 0 Å². The number of carbonyl (C=O) groups is 1. The summed E-state index contributed by atoms with van der Waals surface area (Å²) in [4.78, 5) is 11.0. The van der Waals surface area contributed by atoms with Crippen LogP contribution in [-0.4, -0.2) is 49.6 Å². The van der Waals surface area contributed by atoms with Crippen LogP contribution < -0.4 is 5.32 Å². The molecular formula is C10H21NO4. The van der Waals surface area contributed by atoms with Gasteiger partial charge in [-0.15, -0.1) is 0 Å². The highest BCUT2D eigenvalue weighted by atomic mass is 16.5.